The Bertz CT molecular complexity index is 4170. The molecular weight excluding hydrogens is 818 g/mol. The average Bonchev–Trinajstić information content (AvgIpc) is 3.77. The van der Waals surface area contributed by atoms with Crippen molar-refractivity contribution >= 4 is 77.9 Å². The van der Waals surface area contributed by atoms with Crippen LogP contribution in [0.2, 0.25) is 0 Å². The fourth-order valence-electron chi connectivity index (χ4n) is 11.5. The summed E-state index contributed by atoms with van der Waals surface area (Å²) in [5.74, 6) is 0. The van der Waals surface area contributed by atoms with Gasteiger partial charge in [-0.05, 0) is 106 Å². The van der Waals surface area contributed by atoms with Crippen molar-refractivity contribution in [1.29, 1.82) is 0 Å². The highest BCUT2D eigenvalue weighted by Crippen LogP contribution is 2.42. The first-order valence-electron chi connectivity index (χ1n) is 23.0. The van der Waals surface area contributed by atoms with E-state index in [9.17, 15) is 0 Å². The number of furan rings is 1. The van der Waals surface area contributed by atoms with Crippen LogP contribution in [0, 0.1) is 13.8 Å². The summed E-state index contributed by atoms with van der Waals surface area (Å²) in [6, 6.07) is 73.1. The minimum atomic E-state index is -0.141. The second kappa shape index (κ2) is 14.2. The molecule has 67 heavy (non-hydrogen) atoms. The Morgan fingerprint density at radius 3 is 1.75 bits per heavy atom. The molecule has 0 unspecified atom stereocenters. The molecule has 0 atom stereocenters. The first-order chi connectivity index (χ1) is 33.0. The molecule has 0 bridgehead atoms. The van der Waals surface area contributed by atoms with Gasteiger partial charge in [0.1, 0.15) is 11.2 Å². The monoisotopic (exact) mass is 857 g/mol. The fraction of sp³-hybridized carbons (Fsp3) is 0.0328. The maximum atomic E-state index is 16.4. The first kappa shape index (κ1) is 37.7. The SMILES string of the molecule is Cc1cc(-c2ccccc2)cc(C)c1B1c2ccc(-c3ccccc3)cc2-n2c(=O)n3c4cc(-c5ccccc5)ccc4n(-c4cccc5oc6ccccc6c45)c4ccc5ccc1c2c5c4-3. The largest absolute Gasteiger partial charge is 0.456 e. The van der Waals surface area contributed by atoms with Crippen LogP contribution in [-0.2, 0) is 0 Å². The molecule has 10 aromatic carbocycles. The van der Waals surface area contributed by atoms with Gasteiger partial charge < -0.3 is 8.98 Å². The summed E-state index contributed by atoms with van der Waals surface area (Å²) in [5.41, 5.74) is 20.5. The van der Waals surface area contributed by atoms with Gasteiger partial charge in [0, 0.05) is 16.5 Å². The summed E-state index contributed by atoms with van der Waals surface area (Å²) in [5, 5.41) is 4.20. The molecule has 4 heterocycles. The van der Waals surface area contributed by atoms with Crippen LogP contribution in [0.15, 0.2) is 215 Å². The third-order valence-corrected chi connectivity index (χ3v) is 14.4. The summed E-state index contributed by atoms with van der Waals surface area (Å²) < 4.78 is 12.9. The molecule has 5 nitrogen and oxygen atoms in total. The van der Waals surface area contributed by atoms with E-state index in [0.29, 0.717) is 0 Å². The smallest absolute Gasteiger partial charge is 0.338 e. The number of rotatable bonds is 5. The van der Waals surface area contributed by atoms with Crippen molar-refractivity contribution in [3.05, 3.63) is 228 Å². The second-order valence-corrected chi connectivity index (χ2v) is 18.1. The molecule has 314 valence electrons. The molecule has 0 spiro atoms. The van der Waals surface area contributed by atoms with Crippen molar-refractivity contribution in [1.82, 2.24) is 13.7 Å². The molecule has 1 aromatic heterocycles. The maximum Gasteiger partial charge on any atom is 0.338 e. The zero-order chi connectivity index (χ0) is 44.5. The van der Waals surface area contributed by atoms with Crippen molar-refractivity contribution in [3.63, 3.8) is 0 Å². The van der Waals surface area contributed by atoms with E-state index in [0.717, 1.165) is 105 Å². The first-order valence-corrected chi connectivity index (χ1v) is 23.0. The van der Waals surface area contributed by atoms with E-state index in [1.54, 1.807) is 0 Å². The zero-order valence-corrected chi connectivity index (χ0v) is 36.9. The van der Waals surface area contributed by atoms with Crippen LogP contribution in [-0.4, -0.2) is 20.4 Å². The number of para-hydroxylation sites is 1. The number of benzene rings is 10. The highest BCUT2D eigenvalue weighted by Gasteiger charge is 2.38. The quantitative estimate of drug-likeness (QED) is 0.0983. The van der Waals surface area contributed by atoms with Crippen molar-refractivity contribution in [3.8, 4) is 50.4 Å². The summed E-state index contributed by atoms with van der Waals surface area (Å²) in [6.45, 7) is 4.36. The van der Waals surface area contributed by atoms with Gasteiger partial charge >= 0.3 is 5.69 Å². The minimum Gasteiger partial charge on any atom is -0.456 e. The molecule has 0 radical (unpaired) electrons. The molecule has 14 rings (SSSR count). The van der Waals surface area contributed by atoms with Gasteiger partial charge in [0.2, 0.25) is 6.71 Å². The lowest BCUT2D eigenvalue weighted by Gasteiger charge is -2.34. The molecule has 0 amide bonds. The zero-order valence-electron chi connectivity index (χ0n) is 36.9. The Morgan fingerprint density at radius 2 is 1.01 bits per heavy atom. The van der Waals surface area contributed by atoms with E-state index in [1.807, 2.05) is 33.4 Å². The van der Waals surface area contributed by atoms with Crippen LogP contribution in [0.3, 0.4) is 0 Å². The average molecular weight is 858 g/mol. The van der Waals surface area contributed by atoms with Crippen molar-refractivity contribution in [2.45, 2.75) is 13.8 Å². The number of hydrogen-bond donors (Lipinski definition) is 0. The molecular formula is C61H40BN3O2. The number of fused-ring (bicyclic) bond motifs is 7. The summed E-state index contributed by atoms with van der Waals surface area (Å²) in [7, 11) is 0. The minimum absolute atomic E-state index is 0.107. The van der Waals surface area contributed by atoms with Gasteiger partial charge in [-0.1, -0.05) is 180 Å². The van der Waals surface area contributed by atoms with Crippen LogP contribution in [0.25, 0.3) is 105 Å². The van der Waals surface area contributed by atoms with Gasteiger partial charge in [0.25, 0.3) is 0 Å². The van der Waals surface area contributed by atoms with Crippen LogP contribution >= 0.6 is 0 Å². The molecule has 0 saturated heterocycles. The summed E-state index contributed by atoms with van der Waals surface area (Å²) >= 11 is 0. The third kappa shape index (κ3) is 5.41. The molecule has 0 fully saturated rings. The molecule has 3 aliphatic heterocycles. The highest BCUT2D eigenvalue weighted by molar-refractivity contribution is 6.98. The maximum absolute atomic E-state index is 16.4. The molecule has 0 aliphatic carbocycles. The fourth-order valence-corrected chi connectivity index (χ4v) is 11.5. The standard InChI is InChI=1S/C61H40BN3O2/c1-37-33-45(41-19-10-5-11-20-41)34-38(2)58(37)62-47-29-26-43(39-15-6-3-7-16-39)35-52(47)64-59-48(62)30-25-42-27-32-51-60(56(42)59)65(61(64)66)53-36-44(40-17-8-4-9-18-40)28-31-49(53)63(51)50-22-14-24-55-57(50)46-21-12-13-23-54(46)67-55/h3-36H,1-2H3. The highest BCUT2D eigenvalue weighted by atomic mass is 16.3. The van der Waals surface area contributed by atoms with Crippen LogP contribution in [0.1, 0.15) is 11.1 Å². The molecule has 11 aromatic rings. The Morgan fingerprint density at radius 1 is 0.418 bits per heavy atom. The Labute approximate surface area is 386 Å². The topological polar surface area (TPSA) is 45.0 Å². The van der Waals surface area contributed by atoms with E-state index in [1.165, 1.54) is 27.7 Å². The number of aromatic nitrogens is 3. The Kier molecular flexibility index (Phi) is 8.00. The molecule has 0 N–H and O–H groups in total. The lowest BCUT2D eigenvalue weighted by Crippen LogP contribution is -2.59. The van der Waals surface area contributed by atoms with Gasteiger partial charge in [0.15, 0.2) is 0 Å². The van der Waals surface area contributed by atoms with E-state index >= 15 is 4.79 Å². The van der Waals surface area contributed by atoms with Gasteiger partial charge in [-0.25, -0.2) is 4.79 Å². The van der Waals surface area contributed by atoms with Crippen LogP contribution < -0.4 is 22.1 Å². The van der Waals surface area contributed by atoms with E-state index in [4.69, 9.17) is 4.42 Å². The van der Waals surface area contributed by atoms with E-state index < -0.39 is 0 Å². The lowest BCUT2D eigenvalue weighted by molar-refractivity contribution is 0.669. The van der Waals surface area contributed by atoms with Crippen LogP contribution in [0.4, 0.5) is 0 Å². The Balaban J connectivity index is 1.16. The lowest BCUT2D eigenvalue weighted by atomic mass is 9.34. The van der Waals surface area contributed by atoms with Crippen LogP contribution in [0.5, 0.6) is 0 Å². The predicted octanol–water partition coefficient (Wildman–Crippen LogP) is 12.7. The molecule has 0 saturated carbocycles. The van der Waals surface area contributed by atoms with E-state index in [-0.39, 0.29) is 12.4 Å². The van der Waals surface area contributed by atoms with Gasteiger partial charge in [-0.3, -0.25) is 9.13 Å². The summed E-state index contributed by atoms with van der Waals surface area (Å²) in [4.78, 5) is 16.4. The van der Waals surface area contributed by atoms with Gasteiger partial charge in [0.05, 0.1) is 38.8 Å². The van der Waals surface area contributed by atoms with Crippen molar-refractivity contribution < 1.29 is 4.42 Å². The van der Waals surface area contributed by atoms with Gasteiger partial charge in [-0.2, -0.15) is 0 Å². The molecule has 6 heteroatoms. The summed E-state index contributed by atoms with van der Waals surface area (Å²) in [6.07, 6.45) is 0. The number of aryl methyl sites for hydroxylation is 2. The predicted molar refractivity (Wildman–Crippen MR) is 279 cm³/mol. The van der Waals surface area contributed by atoms with Crippen molar-refractivity contribution in [2.24, 2.45) is 0 Å². The van der Waals surface area contributed by atoms with Gasteiger partial charge in [-0.15, -0.1) is 0 Å². The number of nitrogens with zero attached hydrogens (tertiary/aromatic N) is 3. The Hall–Kier alpha value is -8.61. The normalized spacial score (nSPS) is 12.4. The number of hydrogen-bond acceptors (Lipinski definition) is 2. The van der Waals surface area contributed by atoms with E-state index in [2.05, 4.69) is 200 Å². The molecule has 3 aliphatic rings. The van der Waals surface area contributed by atoms with Crippen molar-refractivity contribution in [2.75, 3.05) is 0 Å². The second-order valence-electron chi connectivity index (χ2n) is 18.1. The third-order valence-electron chi connectivity index (χ3n) is 14.4.